The Morgan fingerprint density at radius 1 is 1.42 bits per heavy atom. The number of hydrogen-bond acceptors (Lipinski definition) is 4. The fourth-order valence-electron chi connectivity index (χ4n) is 2.13. The van der Waals surface area contributed by atoms with Gasteiger partial charge in [-0.25, -0.2) is 0 Å². The molecule has 0 saturated heterocycles. The molecule has 0 fully saturated rings. The van der Waals surface area contributed by atoms with Crippen LogP contribution in [0.1, 0.15) is 25.1 Å². The third-order valence-corrected chi connectivity index (χ3v) is 4.49. The van der Waals surface area contributed by atoms with Crippen LogP contribution in [0.25, 0.3) is 10.1 Å². The largest absolute Gasteiger partial charge is 0.488 e. The standard InChI is InChI=1S/C15H18N2OS/c1-3-10(2)18-13-11-6-4-5-7-12(11)19-14(13)15-16-8-9-17-15/h4-7,10H,3,8-9H2,1-2H3,(H,16,17). The van der Waals surface area contributed by atoms with Gasteiger partial charge in [0, 0.05) is 16.6 Å². The van der Waals surface area contributed by atoms with Crippen LogP contribution >= 0.6 is 11.3 Å². The number of fused-ring (bicyclic) bond motifs is 1. The number of hydrogen-bond donors (Lipinski definition) is 1. The molecule has 1 unspecified atom stereocenters. The summed E-state index contributed by atoms with van der Waals surface area (Å²) >= 11 is 1.76. The first-order valence-electron chi connectivity index (χ1n) is 6.76. The molecular weight excluding hydrogens is 256 g/mol. The number of aliphatic imine (C=N–C) groups is 1. The Morgan fingerprint density at radius 3 is 3.00 bits per heavy atom. The highest BCUT2D eigenvalue weighted by Crippen LogP contribution is 2.38. The normalized spacial score (nSPS) is 16.2. The van der Waals surface area contributed by atoms with Gasteiger partial charge in [0.2, 0.25) is 0 Å². The minimum absolute atomic E-state index is 0.221. The van der Waals surface area contributed by atoms with Crippen molar-refractivity contribution in [3.8, 4) is 5.75 Å². The average Bonchev–Trinajstić information content (AvgIpc) is 3.06. The Labute approximate surface area is 117 Å². The first kappa shape index (κ1) is 12.5. The number of ether oxygens (including phenoxy) is 1. The van der Waals surface area contributed by atoms with Crippen molar-refractivity contribution in [1.82, 2.24) is 5.32 Å². The van der Waals surface area contributed by atoms with E-state index in [9.17, 15) is 0 Å². The average molecular weight is 274 g/mol. The summed E-state index contributed by atoms with van der Waals surface area (Å²) in [4.78, 5) is 5.67. The highest BCUT2D eigenvalue weighted by molar-refractivity contribution is 7.21. The van der Waals surface area contributed by atoms with E-state index in [0.717, 1.165) is 36.0 Å². The van der Waals surface area contributed by atoms with Crippen LogP contribution in [-0.2, 0) is 0 Å². The molecule has 2 aromatic rings. The second-order valence-electron chi connectivity index (χ2n) is 4.75. The molecule has 1 N–H and O–H groups in total. The summed E-state index contributed by atoms with van der Waals surface area (Å²) in [5, 5.41) is 4.54. The Morgan fingerprint density at radius 2 is 2.26 bits per heavy atom. The van der Waals surface area contributed by atoms with Crippen LogP contribution in [0.3, 0.4) is 0 Å². The van der Waals surface area contributed by atoms with Gasteiger partial charge in [-0.15, -0.1) is 11.3 Å². The molecule has 1 aromatic heterocycles. The lowest BCUT2D eigenvalue weighted by atomic mass is 10.2. The zero-order chi connectivity index (χ0) is 13.2. The molecule has 1 aromatic carbocycles. The van der Waals surface area contributed by atoms with Gasteiger partial charge in [-0.05, 0) is 25.5 Å². The molecule has 1 aliphatic rings. The van der Waals surface area contributed by atoms with Crippen molar-refractivity contribution < 1.29 is 4.74 Å². The fourth-order valence-corrected chi connectivity index (χ4v) is 3.25. The van der Waals surface area contributed by atoms with E-state index in [4.69, 9.17) is 4.74 Å². The number of nitrogens with zero attached hydrogens (tertiary/aromatic N) is 1. The van der Waals surface area contributed by atoms with E-state index < -0.39 is 0 Å². The maximum atomic E-state index is 6.15. The molecule has 1 aliphatic heterocycles. The number of benzene rings is 1. The Bertz CT molecular complexity index is 618. The van der Waals surface area contributed by atoms with Crippen LogP contribution in [0.4, 0.5) is 0 Å². The van der Waals surface area contributed by atoms with Crippen molar-refractivity contribution in [1.29, 1.82) is 0 Å². The van der Waals surface area contributed by atoms with Crippen LogP contribution in [0.5, 0.6) is 5.75 Å². The van der Waals surface area contributed by atoms with Gasteiger partial charge in [-0.2, -0.15) is 0 Å². The summed E-state index contributed by atoms with van der Waals surface area (Å²) < 4.78 is 7.41. The molecule has 4 heteroatoms. The first-order chi connectivity index (χ1) is 9.29. The summed E-state index contributed by atoms with van der Waals surface area (Å²) in [5.74, 6) is 1.97. The van der Waals surface area contributed by atoms with Crippen LogP contribution in [-0.4, -0.2) is 25.0 Å². The van der Waals surface area contributed by atoms with Gasteiger partial charge in [0.25, 0.3) is 0 Å². The van der Waals surface area contributed by atoms with Gasteiger partial charge in [0.15, 0.2) is 0 Å². The molecule has 0 aliphatic carbocycles. The second kappa shape index (κ2) is 5.21. The topological polar surface area (TPSA) is 33.6 Å². The maximum Gasteiger partial charge on any atom is 0.149 e. The third kappa shape index (κ3) is 2.32. The molecule has 1 atom stereocenters. The minimum Gasteiger partial charge on any atom is -0.488 e. The highest BCUT2D eigenvalue weighted by atomic mass is 32.1. The Kier molecular flexibility index (Phi) is 3.42. The molecule has 3 rings (SSSR count). The zero-order valence-corrected chi connectivity index (χ0v) is 12.1. The summed E-state index contributed by atoms with van der Waals surface area (Å²) in [6, 6.07) is 8.40. The van der Waals surface area contributed by atoms with Gasteiger partial charge in [-0.1, -0.05) is 19.1 Å². The molecule has 0 radical (unpaired) electrons. The van der Waals surface area contributed by atoms with Crippen molar-refractivity contribution in [3.63, 3.8) is 0 Å². The predicted molar refractivity (Wildman–Crippen MR) is 81.6 cm³/mol. The van der Waals surface area contributed by atoms with Gasteiger partial charge in [-0.3, -0.25) is 4.99 Å². The predicted octanol–water partition coefficient (Wildman–Crippen LogP) is 3.43. The highest BCUT2D eigenvalue weighted by Gasteiger charge is 2.21. The first-order valence-corrected chi connectivity index (χ1v) is 7.58. The van der Waals surface area contributed by atoms with E-state index in [2.05, 4.69) is 48.4 Å². The van der Waals surface area contributed by atoms with Crippen LogP contribution in [0.15, 0.2) is 29.3 Å². The van der Waals surface area contributed by atoms with E-state index in [-0.39, 0.29) is 6.10 Å². The van der Waals surface area contributed by atoms with Gasteiger partial charge >= 0.3 is 0 Å². The molecule has 2 heterocycles. The Balaban J connectivity index is 2.11. The molecule has 19 heavy (non-hydrogen) atoms. The van der Waals surface area contributed by atoms with E-state index in [1.807, 2.05) is 0 Å². The summed E-state index contributed by atoms with van der Waals surface area (Å²) in [5.41, 5.74) is 0. The lowest BCUT2D eigenvalue weighted by molar-refractivity contribution is 0.220. The second-order valence-corrected chi connectivity index (χ2v) is 5.80. The van der Waals surface area contributed by atoms with Crippen molar-refractivity contribution >= 4 is 27.3 Å². The van der Waals surface area contributed by atoms with E-state index in [1.54, 1.807) is 11.3 Å². The molecule has 0 saturated carbocycles. The molecular formula is C15H18N2OS. The van der Waals surface area contributed by atoms with Crippen molar-refractivity contribution in [2.75, 3.05) is 13.1 Å². The molecule has 0 amide bonds. The molecule has 100 valence electrons. The van der Waals surface area contributed by atoms with E-state index >= 15 is 0 Å². The molecule has 0 bridgehead atoms. The summed E-state index contributed by atoms with van der Waals surface area (Å²) in [6.45, 7) is 6.03. The number of amidine groups is 1. The number of nitrogens with one attached hydrogen (secondary N) is 1. The molecule has 0 spiro atoms. The van der Waals surface area contributed by atoms with E-state index in [0.29, 0.717) is 0 Å². The smallest absolute Gasteiger partial charge is 0.149 e. The summed E-state index contributed by atoms with van der Waals surface area (Å²) in [6.07, 6.45) is 1.22. The van der Waals surface area contributed by atoms with E-state index in [1.165, 1.54) is 10.1 Å². The molecule has 3 nitrogen and oxygen atoms in total. The monoisotopic (exact) mass is 274 g/mol. The van der Waals surface area contributed by atoms with Crippen LogP contribution in [0, 0.1) is 0 Å². The quantitative estimate of drug-likeness (QED) is 0.926. The zero-order valence-electron chi connectivity index (χ0n) is 11.3. The Hall–Kier alpha value is -1.55. The minimum atomic E-state index is 0.221. The number of rotatable bonds is 4. The van der Waals surface area contributed by atoms with Crippen molar-refractivity contribution in [2.45, 2.75) is 26.4 Å². The third-order valence-electron chi connectivity index (χ3n) is 3.33. The van der Waals surface area contributed by atoms with Gasteiger partial charge < -0.3 is 10.1 Å². The fraction of sp³-hybridized carbons (Fsp3) is 0.400. The summed E-state index contributed by atoms with van der Waals surface area (Å²) in [7, 11) is 0. The van der Waals surface area contributed by atoms with Gasteiger partial charge in [0.05, 0.1) is 12.6 Å². The van der Waals surface area contributed by atoms with Crippen LogP contribution < -0.4 is 10.1 Å². The maximum absolute atomic E-state index is 6.15. The lowest BCUT2D eigenvalue weighted by Gasteiger charge is -2.14. The van der Waals surface area contributed by atoms with Crippen molar-refractivity contribution in [3.05, 3.63) is 29.1 Å². The SMILES string of the molecule is CCC(C)Oc1c(C2=NCCN2)sc2ccccc12. The van der Waals surface area contributed by atoms with Crippen LogP contribution in [0.2, 0.25) is 0 Å². The van der Waals surface area contributed by atoms with Crippen molar-refractivity contribution in [2.24, 2.45) is 4.99 Å². The van der Waals surface area contributed by atoms with Gasteiger partial charge in [0.1, 0.15) is 16.5 Å². The number of thiophene rings is 1. The lowest BCUT2D eigenvalue weighted by Crippen LogP contribution is -2.20.